The number of hydrogen-bond acceptors (Lipinski definition) is 4. The van der Waals surface area contributed by atoms with Crippen molar-refractivity contribution in [2.45, 2.75) is 62.9 Å². The van der Waals surface area contributed by atoms with Gasteiger partial charge in [0.2, 0.25) is 10.0 Å². The van der Waals surface area contributed by atoms with Gasteiger partial charge >= 0.3 is 12.3 Å². The molecule has 0 bridgehead atoms. The van der Waals surface area contributed by atoms with Crippen molar-refractivity contribution in [3.8, 4) is 0 Å². The lowest BCUT2D eigenvalue weighted by atomic mass is 10.2. The number of rotatable bonds is 3. The molecule has 1 aromatic rings. The molecular weight excluding hydrogens is 385 g/mol. The van der Waals surface area contributed by atoms with E-state index in [2.05, 4.69) is 4.72 Å². The highest BCUT2D eigenvalue weighted by Crippen LogP contribution is 2.30. The zero-order valence-electron chi connectivity index (χ0n) is 15.5. The number of ether oxygens (including phenoxy) is 1. The van der Waals surface area contributed by atoms with Crippen LogP contribution in [0.1, 0.15) is 39.7 Å². The Morgan fingerprint density at radius 3 is 2.44 bits per heavy atom. The van der Waals surface area contributed by atoms with Crippen molar-refractivity contribution >= 4 is 16.1 Å². The summed E-state index contributed by atoms with van der Waals surface area (Å²) in [6.07, 6.45) is -4.87. The van der Waals surface area contributed by atoms with Crippen molar-refractivity contribution in [1.82, 2.24) is 9.62 Å². The summed E-state index contributed by atoms with van der Waals surface area (Å²) in [6.45, 7) is 7.00. The molecule has 1 aliphatic rings. The van der Waals surface area contributed by atoms with Crippen LogP contribution in [0.4, 0.5) is 18.0 Å². The summed E-state index contributed by atoms with van der Waals surface area (Å²) in [5.41, 5.74) is -1.73. The molecule has 1 aromatic carbocycles. The van der Waals surface area contributed by atoms with E-state index in [1.165, 1.54) is 4.90 Å². The second-order valence-corrected chi connectivity index (χ2v) is 9.28. The summed E-state index contributed by atoms with van der Waals surface area (Å²) in [7, 11) is -4.16. The van der Waals surface area contributed by atoms with Gasteiger partial charge in [-0.15, -0.1) is 0 Å². The van der Waals surface area contributed by atoms with Crippen molar-refractivity contribution in [2.75, 3.05) is 6.54 Å². The van der Waals surface area contributed by atoms with E-state index < -0.39 is 44.4 Å². The fourth-order valence-corrected chi connectivity index (χ4v) is 4.10. The number of carbonyl (C=O) groups excluding carboxylic acids is 1. The molecule has 2 atom stereocenters. The number of hydrogen-bond donors (Lipinski definition) is 1. The molecule has 2 rings (SSSR count). The number of benzene rings is 1. The molecule has 0 aliphatic carbocycles. The summed E-state index contributed by atoms with van der Waals surface area (Å²) in [5, 5.41) is 0. The van der Waals surface area contributed by atoms with Crippen molar-refractivity contribution in [2.24, 2.45) is 0 Å². The average Bonchev–Trinajstić information content (AvgIpc) is 2.85. The second kappa shape index (κ2) is 7.31. The number of likely N-dealkylation sites (tertiary alicyclic amines) is 1. The van der Waals surface area contributed by atoms with Crippen LogP contribution in [-0.2, 0) is 20.9 Å². The van der Waals surface area contributed by atoms with Gasteiger partial charge in [-0.3, -0.25) is 0 Å². The Bertz CT molecular complexity index is 803. The molecule has 0 radical (unpaired) electrons. The third-order valence-corrected chi connectivity index (χ3v) is 5.51. The van der Waals surface area contributed by atoms with Crippen LogP contribution in [0.5, 0.6) is 0 Å². The van der Waals surface area contributed by atoms with Gasteiger partial charge in [-0.1, -0.05) is 6.07 Å². The first kappa shape index (κ1) is 21.5. The summed E-state index contributed by atoms with van der Waals surface area (Å²) >= 11 is 0. The molecule has 152 valence electrons. The molecule has 0 unspecified atom stereocenters. The Labute approximate surface area is 156 Å². The zero-order valence-corrected chi connectivity index (χ0v) is 16.3. The highest BCUT2D eigenvalue weighted by atomic mass is 32.2. The lowest BCUT2D eigenvalue weighted by Crippen LogP contribution is -2.41. The molecule has 1 fully saturated rings. The highest BCUT2D eigenvalue weighted by molar-refractivity contribution is 7.89. The number of sulfonamides is 1. The fourth-order valence-electron chi connectivity index (χ4n) is 2.82. The minimum absolute atomic E-state index is 0.0777. The largest absolute Gasteiger partial charge is 0.444 e. The maximum atomic E-state index is 12.8. The standard InChI is InChI=1S/C17H23F3N2O4S/c1-11-8-13(10-22(11)15(23)26-16(2,3)4)21-27(24,25)14-7-5-6-12(9-14)17(18,19)20/h5-7,9,11,13,21H,8,10H2,1-4H3/t11-,13+/m0/s1. The topological polar surface area (TPSA) is 75.7 Å². The van der Waals surface area contributed by atoms with E-state index in [-0.39, 0.29) is 12.6 Å². The van der Waals surface area contributed by atoms with Crippen LogP contribution in [0.15, 0.2) is 29.2 Å². The van der Waals surface area contributed by atoms with E-state index in [1.807, 2.05) is 0 Å². The van der Waals surface area contributed by atoms with Gasteiger partial charge in [-0.2, -0.15) is 13.2 Å². The molecule has 10 heteroatoms. The summed E-state index contributed by atoms with van der Waals surface area (Å²) in [4.78, 5) is 13.1. The molecule has 1 saturated heterocycles. The smallest absolute Gasteiger partial charge is 0.416 e. The molecule has 0 saturated carbocycles. The number of nitrogens with zero attached hydrogens (tertiary/aromatic N) is 1. The summed E-state index contributed by atoms with van der Waals surface area (Å²) in [6, 6.07) is 2.65. The molecular formula is C17H23F3N2O4S. The fraction of sp³-hybridized carbons (Fsp3) is 0.588. The van der Waals surface area contributed by atoms with E-state index >= 15 is 0 Å². The van der Waals surface area contributed by atoms with Gasteiger partial charge in [0.15, 0.2) is 0 Å². The van der Waals surface area contributed by atoms with Crippen molar-refractivity contribution in [1.29, 1.82) is 0 Å². The molecule has 1 amide bonds. The van der Waals surface area contributed by atoms with E-state index in [0.717, 1.165) is 18.2 Å². The van der Waals surface area contributed by atoms with E-state index in [1.54, 1.807) is 27.7 Å². The van der Waals surface area contributed by atoms with Crippen LogP contribution in [-0.4, -0.2) is 43.6 Å². The van der Waals surface area contributed by atoms with Crippen LogP contribution in [0.25, 0.3) is 0 Å². The molecule has 1 aliphatic heterocycles. The van der Waals surface area contributed by atoms with Crippen LogP contribution in [0.3, 0.4) is 0 Å². The van der Waals surface area contributed by atoms with E-state index in [0.29, 0.717) is 12.5 Å². The quantitative estimate of drug-likeness (QED) is 0.832. The highest BCUT2D eigenvalue weighted by Gasteiger charge is 2.37. The van der Waals surface area contributed by atoms with E-state index in [4.69, 9.17) is 4.74 Å². The second-order valence-electron chi connectivity index (χ2n) is 7.56. The summed E-state index contributed by atoms with van der Waals surface area (Å²) in [5.74, 6) is 0. The first-order valence-electron chi connectivity index (χ1n) is 8.38. The third-order valence-electron chi connectivity index (χ3n) is 4.00. The van der Waals surface area contributed by atoms with Gasteiger partial charge in [0.05, 0.1) is 10.5 Å². The normalized spacial score (nSPS) is 21.4. The van der Waals surface area contributed by atoms with Gasteiger partial charge < -0.3 is 9.64 Å². The maximum Gasteiger partial charge on any atom is 0.416 e. The minimum atomic E-state index is -4.64. The van der Waals surface area contributed by atoms with E-state index in [9.17, 15) is 26.4 Å². The predicted octanol–water partition coefficient (Wildman–Crippen LogP) is 3.38. The van der Waals surface area contributed by atoms with Gasteiger partial charge in [-0.25, -0.2) is 17.9 Å². The minimum Gasteiger partial charge on any atom is -0.444 e. The molecule has 6 nitrogen and oxygen atoms in total. The Hall–Kier alpha value is -1.81. The van der Waals surface area contributed by atoms with Crippen LogP contribution >= 0.6 is 0 Å². The zero-order chi connectivity index (χ0) is 20.6. The Balaban J connectivity index is 2.12. The van der Waals surface area contributed by atoms with Crippen molar-refractivity contribution < 1.29 is 31.1 Å². The van der Waals surface area contributed by atoms with Crippen molar-refractivity contribution in [3.05, 3.63) is 29.8 Å². The molecule has 1 heterocycles. The SMILES string of the molecule is C[C@H]1C[C@@H](NS(=O)(=O)c2cccc(C(F)(F)F)c2)CN1C(=O)OC(C)(C)C. The summed E-state index contributed by atoms with van der Waals surface area (Å²) < 4.78 is 71.1. The molecule has 0 spiro atoms. The lowest BCUT2D eigenvalue weighted by Gasteiger charge is -2.26. The number of amides is 1. The number of nitrogens with one attached hydrogen (secondary N) is 1. The molecule has 1 N–H and O–H groups in total. The first-order valence-corrected chi connectivity index (χ1v) is 9.86. The van der Waals surface area contributed by atoms with Gasteiger partial charge in [0.1, 0.15) is 5.60 Å². The molecule has 0 aromatic heterocycles. The predicted molar refractivity (Wildman–Crippen MR) is 92.6 cm³/mol. The van der Waals surface area contributed by atoms with Crippen molar-refractivity contribution in [3.63, 3.8) is 0 Å². The van der Waals surface area contributed by atoms with Gasteiger partial charge in [0.25, 0.3) is 0 Å². The Morgan fingerprint density at radius 2 is 1.89 bits per heavy atom. The third kappa shape index (κ3) is 5.58. The van der Waals surface area contributed by atoms with Crippen LogP contribution in [0.2, 0.25) is 0 Å². The lowest BCUT2D eigenvalue weighted by molar-refractivity contribution is -0.137. The average molecular weight is 408 g/mol. The van der Waals surface area contributed by atoms with Gasteiger partial charge in [0, 0.05) is 18.6 Å². The monoisotopic (exact) mass is 408 g/mol. The first-order chi connectivity index (χ1) is 12.2. The maximum absolute atomic E-state index is 12.8. The Kier molecular flexibility index (Phi) is 5.82. The molecule has 27 heavy (non-hydrogen) atoms. The van der Waals surface area contributed by atoms with Gasteiger partial charge in [-0.05, 0) is 52.3 Å². The van der Waals surface area contributed by atoms with Crippen LogP contribution < -0.4 is 4.72 Å². The van der Waals surface area contributed by atoms with Crippen LogP contribution in [0, 0.1) is 0 Å². The number of alkyl halides is 3. The Morgan fingerprint density at radius 1 is 1.26 bits per heavy atom. The number of halogens is 3. The number of carbonyl (C=O) groups is 1.